The molecule has 0 radical (unpaired) electrons. The van der Waals surface area contributed by atoms with Crippen molar-refractivity contribution in [2.75, 3.05) is 6.54 Å². The SMILES string of the molecule is NCC1(c2sccc2Cl)CCCCC1. The molecular formula is C11H16ClNS. The van der Waals surface area contributed by atoms with Crippen LogP contribution in [0, 0.1) is 0 Å². The first-order valence-corrected chi connectivity index (χ1v) is 6.48. The van der Waals surface area contributed by atoms with Gasteiger partial charge in [-0.1, -0.05) is 30.9 Å². The van der Waals surface area contributed by atoms with Crippen LogP contribution in [-0.2, 0) is 5.41 Å². The van der Waals surface area contributed by atoms with Gasteiger partial charge in [-0.15, -0.1) is 11.3 Å². The summed E-state index contributed by atoms with van der Waals surface area (Å²) in [4.78, 5) is 1.32. The Kier molecular flexibility index (Phi) is 3.15. The van der Waals surface area contributed by atoms with Crippen molar-refractivity contribution >= 4 is 22.9 Å². The van der Waals surface area contributed by atoms with Gasteiger partial charge in [0.2, 0.25) is 0 Å². The third-order valence-corrected chi connectivity index (χ3v) is 4.89. The van der Waals surface area contributed by atoms with Crippen LogP contribution < -0.4 is 5.73 Å². The Morgan fingerprint density at radius 2 is 2.07 bits per heavy atom. The van der Waals surface area contributed by atoms with Gasteiger partial charge in [0.25, 0.3) is 0 Å². The van der Waals surface area contributed by atoms with Crippen LogP contribution in [0.25, 0.3) is 0 Å². The second-order valence-electron chi connectivity index (χ2n) is 4.14. The molecule has 0 atom stereocenters. The first kappa shape index (κ1) is 10.5. The van der Waals surface area contributed by atoms with E-state index in [1.807, 2.05) is 6.07 Å². The first-order valence-electron chi connectivity index (χ1n) is 5.22. The van der Waals surface area contributed by atoms with E-state index < -0.39 is 0 Å². The Balaban J connectivity index is 2.31. The minimum absolute atomic E-state index is 0.198. The lowest BCUT2D eigenvalue weighted by atomic mass is 9.73. The van der Waals surface area contributed by atoms with Crippen LogP contribution in [0.15, 0.2) is 11.4 Å². The lowest BCUT2D eigenvalue weighted by Gasteiger charge is -2.35. The molecule has 1 aliphatic carbocycles. The lowest BCUT2D eigenvalue weighted by molar-refractivity contribution is 0.306. The van der Waals surface area contributed by atoms with E-state index in [2.05, 4.69) is 5.38 Å². The fraction of sp³-hybridized carbons (Fsp3) is 0.636. The zero-order valence-corrected chi connectivity index (χ0v) is 9.83. The molecule has 0 aromatic carbocycles. The van der Waals surface area contributed by atoms with Crippen LogP contribution in [0.1, 0.15) is 37.0 Å². The highest BCUT2D eigenvalue weighted by atomic mass is 35.5. The molecule has 1 heterocycles. The average molecular weight is 230 g/mol. The summed E-state index contributed by atoms with van der Waals surface area (Å²) in [5.41, 5.74) is 6.14. The Hall–Kier alpha value is -0.0500. The molecule has 1 fully saturated rings. The summed E-state index contributed by atoms with van der Waals surface area (Å²) in [6, 6.07) is 1.99. The smallest absolute Gasteiger partial charge is 0.0551 e. The molecule has 2 N–H and O–H groups in total. The molecule has 0 bridgehead atoms. The molecule has 0 spiro atoms. The zero-order chi connectivity index (χ0) is 10.0. The summed E-state index contributed by atoms with van der Waals surface area (Å²) >= 11 is 7.96. The normalized spacial score (nSPS) is 21.0. The van der Waals surface area contributed by atoms with Gasteiger partial charge in [-0.25, -0.2) is 0 Å². The summed E-state index contributed by atoms with van der Waals surface area (Å²) in [6.07, 6.45) is 6.37. The first-order chi connectivity index (χ1) is 6.78. The molecule has 78 valence electrons. The van der Waals surface area contributed by atoms with Crippen LogP contribution in [-0.4, -0.2) is 6.54 Å². The van der Waals surface area contributed by atoms with Gasteiger partial charge >= 0.3 is 0 Å². The van der Waals surface area contributed by atoms with E-state index in [9.17, 15) is 0 Å². The molecule has 14 heavy (non-hydrogen) atoms. The molecule has 0 saturated heterocycles. The minimum atomic E-state index is 0.198. The Morgan fingerprint density at radius 3 is 2.57 bits per heavy atom. The van der Waals surface area contributed by atoms with E-state index in [-0.39, 0.29) is 5.41 Å². The van der Waals surface area contributed by atoms with E-state index in [0.717, 1.165) is 11.6 Å². The molecule has 0 amide bonds. The highest BCUT2D eigenvalue weighted by Crippen LogP contribution is 2.44. The van der Waals surface area contributed by atoms with E-state index in [0.29, 0.717) is 0 Å². The standard InChI is InChI=1S/C11H16ClNS/c12-9-4-7-14-10(9)11(8-13)5-2-1-3-6-11/h4,7H,1-3,5-6,8,13H2. The third kappa shape index (κ3) is 1.71. The van der Waals surface area contributed by atoms with E-state index in [1.54, 1.807) is 11.3 Å². The van der Waals surface area contributed by atoms with E-state index >= 15 is 0 Å². The minimum Gasteiger partial charge on any atom is -0.330 e. The molecule has 3 heteroatoms. The number of nitrogens with two attached hydrogens (primary N) is 1. The number of thiophene rings is 1. The number of halogens is 1. The van der Waals surface area contributed by atoms with E-state index in [1.165, 1.54) is 37.0 Å². The van der Waals surface area contributed by atoms with Crippen molar-refractivity contribution in [1.82, 2.24) is 0 Å². The highest BCUT2D eigenvalue weighted by Gasteiger charge is 2.35. The molecule has 1 aromatic rings. The lowest BCUT2D eigenvalue weighted by Crippen LogP contribution is -2.36. The Morgan fingerprint density at radius 1 is 1.36 bits per heavy atom. The molecule has 0 aliphatic heterocycles. The van der Waals surface area contributed by atoms with Crippen LogP contribution in [0.3, 0.4) is 0 Å². The maximum atomic E-state index is 6.20. The van der Waals surface area contributed by atoms with Crippen molar-refractivity contribution in [3.63, 3.8) is 0 Å². The second kappa shape index (κ2) is 4.21. The van der Waals surface area contributed by atoms with Crippen LogP contribution >= 0.6 is 22.9 Å². The fourth-order valence-electron chi connectivity index (χ4n) is 2.42. The van der Waals surface area contributed by atoms with E-state index in [4.69, 9.17) is 17.3 Å². The molecule has 1 nitrogen and oxygen atoms in total. The summed E-state index contributed by atoms with van der Waals surface area (Å²) < 4.78 is 0. The van der Waals surface area contributed by atoms with Crippen LogP contribution in [0.5, 0.6) is 0 Å². The Bertz CT molecular complexity index is 302. The predicted octanol–water partition coefficient (Wildman–Crippen LogP) is 3.56. The Labute approximate surface area is 94.3 Å². The maximum absolute atomic E-state index is 6.20. The van der Waals surface area contributed by atoms with Crippen molar-refractivity contribution in [3.05, 3.63) is 21.3 Å². The van der Waals surface area contributed by atoms with Gasteiger partial charge in [-0.3, -0.25) is 0 Å². The number of hydrogen-bond donors (Lipinski definition) is 1. The van der Waals surface area contributed by atoms with Crippen molar-refractivity contribution in [2.24, 2.45) is 5.73 Å². The molecule has 1 aliphatic rings. The second-order valence-corrected chi connectivity index (χ2v) is 5.47. The number of hydrogen-bond acceptors (Lipinski definition) is 2. The van der Waals surface area contributed by atoms with Gasteiger partial charge < -0.3 is 5.73 Å². The molecule has 2 rings (SSSR count). The maximum Gasteiger partial charge on any atom is 0.0551 e. The summed E-state index contributed by atoms with van der Waals surface area (Å²) in [5, 5.41) is 2.99. The molecule has 1 aromatic heterocycles. The van der Waals surface area contributed by atoms with Crippen molar-refractivity contribution in [1.29, 1.82) is 0 Å². The summed E-state index contributed by atoms with van der Waals surface area (Å²) in [6.45, 7) is 0.743. The summed E-state index contributed by atoms with van der Waals surface area (Å²) in [5.74, 6) is 0. The van der Waals surface area contributed by atoms with Crippen molar-refractivity contribution < 1.29 is 0 Å². The molecule has 1 saturated carbocycles. The number of rotatable bonds is 2. The van der Waals surface area contributed by atoms with Gasteiger partial charge in [-0.2, -0.15) is 0 Å². The zero-order valence-electron chi connectivity index (χ0n) is 8.26. The fourth-order valence-corrected chi connectivity index (χ4v) is 3.95. The molecule has 0 unspecified atom stereocenters. The van der Waals surface area contributed by atoms with Crippen LogP contribution in [0.2, 0.25) is 5.02 Å². The average Bonchev–Trinajstić information content (AvgIpc) is 2.66. The summed E-state index contributed by atoms with van der Waals surface area (Å²) in [7, 11) is 0. The van der Waals surface area contributed by atoms with Gasteiger partial charge in [-0.05, 0) is 24.3 Å². The largest absolute Gasteiger partial charge is 0.330 e. The highest BCUT2D eigenvalue weighted by molar-refractivity contribution is 7.10. The van der Waals surface area contributed by atoms with Crippen LogP contribution in [0.4, 0.5) is 0 Å². The molecular weight excluding hydrogens is 214 g/mol. The quantitative estimate of drug-likeness (QED) is 0.825. The van der Waals surface area contributed by atoms with Gasteiger partial charge in [0.05, 0.1) is 5.02 Å². The van der Waals surface area contributed by atoms with Gasteiger partial charge in [0.1, 0.15) is 0 Å². The third-order valence-electron chi connectivity index (χ3n) is 3.30. The monoisotopic (exact) mass is 229 g/mol. The van der Waals surface area contributed by atoms with Gasteiger partial charge in [0.15, 0.2) is 0 Å². The topological polar surface area (TPSA) is 26.0 Å². The van der Waals surface area contributed by atoms with Gasteiger partial charge in [0, 0.05) is 16.8 Å². The van der Waals surface area contributed by atoms with Crippen molar-refractivity contribution in [3.8, 4) is 0 Å². The predicted molar refractivity (Wildman–Crippen MR) is 63.1 cm³/mol. The van der Waals surface area contributed by atoms with Crippen molar-refractivity contribution in [2.45, 2.75) is 37.5 Å².